The Morgan fingerprint density at radius 2 is 1.55 bits per heavy atom. The van der Waals surface area contributed by atoms with Gasteiger partial charge >= 0.3 is 0 Å². The van der Waals surface area contributed by atoms with Crippen LogP contribution in [0.15, 0.2) is 71.5 Å². The van der Waals surface area contributed by atoms with Gasteiger partial charge in [0.15, 0.2) is 17.3 Å². The van der Waals surface area contributed by atoms with Crippen LogP contribution in [0, 0.1) is 0 Å². The highest BCUT2D eigenvalue weighted by Gasteiger charge is 2.34. The molecule has 1 aliphatic rings. The number of methoxy groups -OCH3 is 3. The van der Waals surface area contributed by atoms with Gasteiger partial charge in [-0.3, -0.25) is 9.59 Å². The second kappa shape index (κ2) is 9.31. The number of amides is 1. The van der Waals surface area contributed by atoms with Crippen LogP contribution in [0.2, 0.25) is 0 Å². The van der Waals surface area contributed by atoms with Crippen molar-refractivity contribution in [1.82, 2.24) is 14.6 Å². The highest BCUT2D eigenvalue weighted by Crippen LogP contribution is 2.41. The zero-order valence-corrected chi connectivity index (χ0v) is 21.6. The van der Waals surface area contributed by atoms with Crippen molar-refractivity contribution in [3.05, 3.63) is 92.7 Å². The van der Waals surface area contributed by atoms with Crippen LogP contribution in [-0.4, -0.2) is 41.8 Å². The number of fused-ring (bicyclic) bond motifs is 2. The summed E-state index contributed by atoms with van der Waals surface area (Å²) in [4.78, 5) is 33.9. The zero-order chi connectivity index (χ0) is 26.4. The number of carbonyl (C=O) groups excluding carboxylic acids is 1. The number of rotatable bonds is 6. The molecular weight excluding hydrogens is 504 g/mol. The fourth-order valence-electron chi connectivity index (χ4n) is 4.64. The quantitative estimate of drug-likeness (QED) is 0.335. The number of hydrogen-bond acceptors (Lipinski definition) is 8. The third-order valence-electron chi connectivity index (χ3n) is 6.41. The largest absolute Gasteiger partial charge is 0.493 e. The Hall–Kier alpha value is -4.70. The summed E-state index contributed by atoms with van der Waals surface area (Å²) in [5.41, 5.74) is 3.06. The predicted molar refractivity (Wildman–Crippen MR) is 144 cm³/mol. The molecule has 6 rings (SSSR count). The monoisotopic (exact) mass is 526 g/mol. The molecule has 0 spiro atoms. The maximum Gasteiger partial charge on any atom is 0.291 e. The lowest BCUT2D eigenvalue weighted by atomic mass is 10.1. The minimum atomic E-state index is -0.393. The molecule has 0 atom stereocenters. The Morgan fingerprint density at radius 3 is 2.21 bits per heavy atom. The second-order valence-electron chi connectivity index (χ2n) is 8.55. The van der Waals surface area contributed by atoms with Crippen molar-refractivity contribution in [2.45, 2.75) is 6.54 Å². The lowest BCUT2D eigenvalue weighted by Crippen LogP contribution is -2.32. The minimum absolute atomic E-state index is 0.221. The second-order valence-corrected chi connectivity index (χ2v) is 9.53. The van der Waals surface area contributed by atoms with Gasteiger partial charge in [-0.1, -0.05) is 59.9 Å². The van der Waals surface area contributed by atoms with E-state index in [-0.39, 0.29) is 5.91 Å². The summed E-state index contributed by atoms with van der Waals surface area (Å²) >= 11 is 1.15. The Balaban J connectivity index is 1.47. The molecule has 0 saturated carbocycles. The summed E-state index contributed by atoms with van der Waals surface area (Å²) in [5, 5.41) is 4.46. The van der Waals surface area contributed by atoms with Crippen molar-refractivity contribution < 1.29 is 19.0 Å². The Labute approximate surface area is 221 Å². The predicted octanol–water partition coefficient (Wildman–Crippen LogP) is 3.31. The van der Waals surface area contributed by atoms with Crippen molar-refractivity contribution >= 4 is 33.5 Å². The number of benzene rings is 3. The molecule has 2 aromatic heterocycles. The van der Waals surface area contributed by atoms with Crippen LogP contribution in [0.5, 0.6) is 17.2 Å². The SMILES string of the molecule is COc1cc(-c2nc3s/c(=C4\C(=O)N(Cc5ccccc5)c5ccccc54)c(=O)n3n2)cc(OC)c1OC. The summed E-state index contributed by atoms with van der Waals surface area (Å²) in [5.74, 6) is 1.45. The molecule has 0 saturated heterocycles. The van der Waals surface area contributed by atoms with Gasteiger partial charge in [-0.25, -0.2) is 0 Å². The first kappa shape index (κ1) is 23.7. The molecule has 9 nitrogen and oxygen atoms in total. The number of thiazole rings is 1. The molecule has 0 N–H and O–H groups in total. The van der Waals surface area contributed by atoms with Crippen molar-refractivity contribution in [3.8, 4) is 28.6 Å². The van der Waals surface area contributed by atoms with E-state index in [2.05, 4.69) is 10.1 Å². The lowest BCUT2D eigenvalue weighted by molar-refractivity contribution is -0.113. The van der Waals surface area contributed by atoms with Crippen LogP contribution in [0.3, 0.4) is 0 Å². The van der Waals surface area contributed by atoms with Crippen LogP contribution in [0.1, 0.15) is 11.1 Å². The topological polar surface area (TPSA) is 95.3 Å². The molecule has 5 aromatic rings. The van der Waals surface area contributed by atoms with Gasteiger partial charge in [0.25, 0.3) is 11.5 Å². The van der Waals surface area contributed by atoms with Gasteiger partial charge in [0.1, 0.15) is 4.53 Å². The van der Waals surface area contributed by atoms with E-state index in [1.807, 2.05) is 54.6 Å². The molecule has 0 radical (unpaired) electrons. The minimum Gasteiger partial charge on any atom is -0.493 e. The van der Waals surface area contributed by atoms with Crippen LogP contribution in [0.4, 0.5) is 5.69 Å². The van der Waals surface area contributed by atoms with Crippen molar-refractivity contribution in [2.24, 2.45) is 0 Å². The number of para-hydroxylation sites is 1. The van der Waals surface area contributed by atoms with E-state index in [4.69, 9.17) is 14.2 Å². The fourth-order valence-corrected chi connectivity index (χ4v) is 5.64. The number of ether oxygens (including phenoxy) is 3. The Bertz CT molecular complexity index is 1790. The van der Waals surface area contributed by atoms with Gasteiger partial charge < -0.3 is 19.1 Å². The van der Waals surface area contributed by atoms with Crippen LogP contribution in [0.25, 0.3) is 21.9 Å². The van der Waals surface area contributed by atoms with Crippen LogP contribution >= 0.6 is 11.3 Å². The molecule has 0 fully saturated rings. The maximum atomic E-state index is 13.7. The average Bonchev–Trinajstić information content (AvgIpc) is 3.59. The maximum absolute atomic E-state index is 13.7. The van der Waals surface area contributed by atoms with Crippen molar-refractivity contribution in [2.75, 3.05) is 26.2 Å². The molecule has 3 heterocycles. The first-order chi connectivity index (χ1) is 18.5. The van der Waals surface area contributed by atoms with Crippen LogP contribution < -0.4 is 29.2 Å². The molecular formula is C28H22N4O5S. The van der Waals surface area contributed by atoms with Gasteiger partial charge in [0, 0.05) is 11.1 Å². The fraction of sp³-hybridized carbons (Fsp3) is 0.143. The van der Waals surface area contributed by atoms with Gasteiger partial charge in [0.2, 0.25) is 10.7 Å². The van der Waals surface area contributed by atoms with E-state index in [0.29, 0.717) is 50.2 Å². The zero-order valence-electron chi connectivity index (χ0n) is 20.8. The average molecular weight is 527 g/mol. The number of aromatic nitrogens is 3. The molecule has 0 aliphatic carbocycles. The molecule has 1 amide bonds. The summed E-state index contributed by atoms with van der Waals surface area (Å²) in [7, 11) is 4.57. The van der Waals surface area contributed by atoms with Crippen LogP contribution in [-0.2, 0) is 11.3 Å². The number of hydrogen-bond donors (Lipinski definition) is 0. The Morgan fingerprint density at radius 1 is 0.868 bits per heavy atom. The summed E-state index contributed by atoms with van der Waals surface area (Å²) in [6.45, 7) is 0.403. The normalized spacial score (nSPS) is 14.2. The standard InChI is InChI=1S/C28H22N4O5S/c1-35-20-13-17(14-21(36-2)23(20)37-3)25-29-28-32(30-25)27(34)24(38-28)22-18-11-7-8-12-19(18)31(26(22)33)15-16-9-5-4-6-10-16/h4-14H,15H2,1-3H3/b24-22-. The lowest BCUT2D eigenvalue weighted by Gasteiger charge is -2.17. The van der Waals surface area contributed by atoms with Gasteiger partial charge in [-0.05, 0) is 23.8 Å². The first-order valence-corrected chi connectivity index (χ1v) is 12.5. The van der Waals surface area contributed by atoms with E-state index in [0.717, 1.165) is 28.2 Å². The molecule has 1 aliphatic heterocycles. The summed E-state index contributed by atoms with van der Waals surface area (Å²) in [6, 6.07) is 20.7. The highest BCUT2D eigenvalue weighted by molar-refractivity contribution is 7.15. The van der Waals surface area contributed by atoms with E-state index < -0.39 is 5.56 Å². The third kappa shape index (κ3) is 3.69. The highest BCUT2D eigenvalue weighted by atomic mass is 32.1. The molecule has 10 heteroatoms. The molecule has 3 aromatic carbocycles. The van der Waals surface area contributed by atoms with Crippen molar-refractivity contribution in [1.29, 1.82) is 0 Å². The number of nitrogens with zero attached hydrogens (tertiary/aromatic N) is 4. The van der Waals surface area contributed by atoms with Gasteiger partial charge in [-0.15, -0.1) is 5.10 Å². The van der Waals surface area contributed by atoms with Gasteiger partial charge in [0.05, 0.1) is 39.1 Å². The van der Waals surface area contributed by atoms with E-state index >= 15 is 0 Å². The summed E-state index contributed by atoms with van der Waals surface area (Å²) in [6.07, 6.45) is 0. The molecule has 0 bridgehead atoms. The third-order valence-corrected chi connectivity index (χ3v) is 7.44. The van der Waals surface area contributed by atoms with E-state index in [1.165, 1.54) is 25.8 Å². The van der Waals surface area contributed by atoms with Gasteiger partial charge in [-0.2, -0.15) is 9.50 Å². The Kier molecular flexibility index (Phi) is 5.80. The molecule has 38 heavy (non-hydrogen) atoms. The van der Waals surface area contributed by atoms with Crippen molar-refractivity contribution in [3.63, 3.8) is 0 Å². The number of carbonyl (C=O) groups is 1. The summed E-state index contributed by atoms with van der Waals surface area (Å²) < 4.78 is 17.8. The molecule has 190 valence electrons. The molecule has 0 unspecified atom stereocenters. The smallest absolute Gasteiger partial charge is 0.291 e. The first-order valence-electron chi connectivity index (χ1n) is 11.7. The number of anilines is 1. The van der Waals surface area contributed by atoms with E-state index in [1.54, 1.807) is 17.0 Å². The van der Waals surface area contributed by atoms with E-state index in [9.17, 15) is 9.59 Å².